The largest absolute Gasteiger partial charge is 0.231 e. The molecule has 0 spiro atoms. The predicted molar refractivity (Wildman–Crippen MR) is 69.1 cm³/mol. The number of nitrogens with zero attached hydrogens (tertiary/aromatic N) is 2. The third-order valence-electron chi connectivity index (χ3n) is 2.12. The maximum atomic E-state index is 13.9. The summed E-state index contributed by atoms with van der Waals surface area (Å²) in [6, 6.07) is 3.23. The minimum atomic E-state index is -0.666. The Morgan fingerprint density at radius 2 is 2.00 bits per heavy atom. The Labute approximate surface area is 119 Å². The van der Waals surface area contributed by atoms with Gasteiger partial charge in [0.15, 0.2) is 5.82 Å². The van der Waals surface area contributed by atoms with Gasteiger partial charge in [-0.2, -0.15) is 5.26 Å². The molecule has 0 saturated heterocycles. The van der Waals surface area contributed by atoms with Crippen molar-refractivity contribution in [1.29, 1.82) is 5.26 Å². The first-order valence-corrected chi connectivity index (χ1v) is 6.12. The lowest BCUT2D eigenvalue weighted by molar-refractivity contribution is 0.630. The number of fused-ring (bicyclic) bond motifs is 1. The molecule has 0 saturated carbocycles. The number of hydrogen-bond acceptors (Lipinski definition) is 2. The summed E-state index contributed by atoms with van der Waals surface area (Å²) in [5.41, 5.74) is -0.0334. The third-order valence-corrected chi connectivity index (χ3v) is 4.09. The second-order valence-electron chi connectivity index (χ2n) is 3.09. The first-order chi connectivity index (χ1) is 7.97. The van der Waals surface area contributed by atoms with E-state index in [2.05, 4.69) is 20.9 Å². The van der Waals surface area contributed by atoms with Crippen molar-refractivity contribution in [2.75, 3.05) is 0 Å². The van der Waals surface area contributed by atoms with Gasteiger partial charge < -0.3 is 0 Å². The Hall–Kier alpha value is -0.600. The van der Waals surface area contributed by atoms with E-state index in [9.17, 15) is 4.39 Å². The first kappa shape index (κ1) is 12.8. The predicted octanol–water partition coefficient (Wildman–Crippen LogP) is 4.97. The molecule has 2 rings (SSSR count). The molecule has 0 atom stereocenters. The van der Waals surface area contributed by atoms with Crippen LogP contribution in [0.25, 0.3) is 10.9 Å². The molecular formula is C10HBrCl3FN2. The SMILES string of the molecule is N#Cc1c(Cl)nc2c(F)c(Br)c(Cl)cc2c1Cl. The molecular weight excluding hydrogens is 353 g/mol. The monoisotopic (exact) mass is 352 g/mol. The van der Waals surface area contributed by atoms with E-state index in [1.807, 2.05) is 0 Å². The highest BCUT2D eigenvalue weighted by molar-refractivity contribution is 9.10. The molecule has 1 aromatic heterocycles. The number of nitriles is 1. The van der Waals surface area contributed by atoms with Crippen LogP contribution in [0.4, 0.5) is 4.39 Å². The van der Waals surface area contributed by atoms with E-state index in [0.29, 0.717) is 0 Å². The highest BCUT2D eigenvalue weighted by atomic mass is 79.9. The number of pyridine rings is 1. The molecule has 17 heavy (non-hydrogen) atoms. The fourth-order valence-corrected chi connectivity index (χ4v) is 2.38. The molecule has 0 fully saturated rings. The van der Waals surface area contributed by atoms with Crippen LogP contribution in [0.5, 0.6) is 0 Å². The van der Waals surface area contributed by atoms with E-state index in [-0.39, 0.29) is 36.1 Å². The molecule has 2 nitrogen and oxygen atoms in total. The lowest BCUT2D eigenvalue weighted by Gasteiger charge is -2.07. The number of benzene rings is 1. The van der Waals surface area contributed by atoms with Crippen molar-refractivity contribution < 1.29 is 4.39 Å². The second-order valence-corrected chi connectivity index (χ2v) is 5.02. The van der Waals surface area contributed by atoms with Crippen LogP contribution in [0.2, 0.25) is 15.2 Å². The molecule has 0 aliphatic rings. The normalized spacial score (nSPS) is 10.6. The van der Waals surface area contributed by atoms with Crippen LogP contribution in [0.1, 0.15) is 5.56 Å². The van der Waals surface area contributed by atoms with E-state index in [0.717, 1.165) is 0 Å². The summed E-state index contributed by atoms with van der Waals surface area (Å²) in [4.78, 5) is 3.80. The van der Waals surface area contributed by atoms with Crippen LogP contribution in [0.15, 0.2) is 10.5 Å². The summed E-state index contributed by atoms with van der Waals surface area (Å²) >= 11 is 20.5. The van der Waals surface area contributed by atoms with E-state index in [1.165, 1.54) is 6.07 Å². The number of hydrogen-bond donors (Lipinski definition) is 0. The summed E-state index contributed by atoms with van der Waals surface area (Å²) in [6.07, 6.45) is 0. The first-order valence-electron chi connectivity index (χ1n) is 4.19. The van der Waals surface area contributed by atoms with Gasteiger partial charge in [0, 0.05) is 5.39 Å². The van der Waals surface area contributed by atoms with Crippen molar-refractivity contribution in [1.82, 2.24) is 4.98 Å². The standard InChI is InChI=1S/C10HBrCl3FN2/c11-6-5(12)1-3-7(13)4(2-16)10(14)17-9(3)8(6)15/h1H. The average molecular weight is 354 g/mol. The van der Waals surface area contributed by atoms with Crippen LogP contribution < -0.4 is 0 Å². The molecule has 1 aromatic carbocycles. The summed E-state index contributed by atoms with van der Waals surface area (Å²) in [5.74, 6) is -0.666. The molecule has 2 aromatic rings. The fourth-order valence-electron chi connectivity index (χ4n) is 1.34. The summed E-state index contributed by atoms with van der Waals surface area (Å²) in [7, 11) is 0. The van der Waals surface area contributed by atoms with Gasteiger partial charge in [0.25, 0.3) is 0 Å². The van der Waals surface area contributed by atoms with E-state index in [4.69, 9.17) is 40.1 Å². The maximum Gasteiger partial charge on any atom is 0.165 e. The summed E-state index contributed by atoms with van der Waals surface area (Å²) < 4.78 is 13.9. The van der Waals surface area contributed by atoms with Gasteiger partial charge in [-0.3, -0.25) is 0 Å². The van der Waals surface area contributed by atoms with Crippen LogP contribution in [0, 0.1) is 17.1 Å². The van der Waals surface area contributed by atoms with Crippen molar-refractivity contribution in [2.45, 2.75) is 0 Å². The zero-order valence-electron chi connectivity index (χ0n) is 7.86. The molecule has 7 heteroatoms. The van der Waals surface area contributed by atoms with Gasteiger partial charge in [-0.15, -0.1) is 0 Å². The quantitative estimate of drug-likeness (QED) is 0.495. The zero-order chi connectivity index (χ0) is 12.7. The van der Waals surface area contributed by atoms with Gasteiger partial charge in [0.2, 0.25) is 0 Å². The van der Waals surface area contributed by atoms with E-state index >= 15 is 0 Å². The van der Waals surface area contributed by atoms with Gasteiger partial charge in [-0.25, -0.2) is 9.37 Å². The summed E-state index contributed by atoms with van der Waals surface area (Å²) in [6.45, 7) is 0. The Balaban J connectivity index is 3.04. The van der Waals surface area contributed by atoms with Crippen molar-refractivity contribution in [2.24, 2.45) is 0 Å². The van der Waals surface area contributed by atoms with Gasteiger partial charge >= 0.3 is 0 Å². The fraction of sp³-hybridized carbons (Fsp3) is 0. The molecule has 0 amide bonds. The minimum Gasteiger partial charge on any atom is -0.231 e. The Bertz CT molecular complexity index is 682. The maximum absolute atomic E-state index is 13.9. The summed E-state index contributed by atoms with van der Waals surface area (Å²) in [5, 5.41) is 9.15. The molecule has 0 bridgehead atoms. The Morgan fingerprint density at radius 3 is 2.59 bits per heavy atom. The van der Waals surface area contributed by atoms with Crippen LogP contribution >= 0.6 is 50.7 Å². The van der Waals surface area contributed by atoms with Crippen LogP contribution in [0.3, 0.4) is 0 Å². The zero-order valence-corrected chi connectivity index (χ0v) is 11.7. The number of halogens is 5. The van der Waals surface area contributed by atoms with Crippen LogP contribution in [-0.2, 0) is 0 Å². The van der Waals surface area contributed by atoms with E-state index in [1.54, 1.807) is 6.07 Å². The smallest absolute Gasteiger partial charge is 0.165 e. The second kappa shape index (κ2) is 4.58. The van der Waals surface area contributed by atoms with Crippen molar-refractivity contribution in [3.8, 4) is 6.07 Å². The number of rotatable bonds is 0. The van der Waals surface area contributed by atoms with Gasteiger partial charge in [0.1, 0.15) is 22.3 Å². The molecule has 0 unspecified atom stereocenters. The topological polar surface area (TPSA) is 36.7 Å². The average Bonchev–Trinajstić information content (AvgIpc) is 2.29. The van der Waals surface area contributed by atoms with Crippen LogP contribution in [-0.4, -0.2) is 4.98 Å². The highest BCUT2D eigenvalue weighted by Crippen LogP contribution is 2.37. The lowest BCUT2D eigenvalue weighted by atomic mass is 10.1. The molecule has 0 N–H and O–H groups in total. The third kappa shape index (κ3) is 1.98. The van der Waals surface area contributed by atoms with E-state index < -0.39 is 5.82 Å². The van der Waals surface area contributed by atoms with Crippen molar-refractivity contribution in [3.05, 3.63) is 37.1 Å². The Morgan fingerprint density at radius 1 is 1.35 bits per heavy atom. The van der Waals surface area contributed by atoms with Crippen molar-refractivity contribution in [3.63, 3.8) is 0 Å². The van der Waals surface area contributed by atoms with Crippen molar-refractivity contribution >= 4 is 61.6 Å². The van der Waals surface area contributed by atoms with Gasteiger partial charge in [0.05, 0.1) is 14.5 Å². The lowest BCUT2D eigenvalue weighted by Crippen LogP contribution is -1.93. The molecule has 0 aliphatic carbocycles. The highest BCUT2D eigenvalue weighted by Gasteiger charge is 2.18. The number of aromatic nitrogens is 1. The molecule has 0 aliphatic heterocycles. The molecule has 0 radical (unpaired) electrons. The molecule has 86 valence electrons. The van der Waals surface area contributed by atoms with Gasteiger partial charge in [-0.05, 0) is 22.0 Å². The molecule has 1 heterocycles. The van der Waals surface area contributed by atoms with Gasteiger partial charge in [-0.1, -0.05) is 34.8 Å². The minimum absolute atomic E-state index is 0.00128. The Kier molecular flexibility index (Phi) is 3.46.